The second-order valence-corrected chi connectivity index (χ2v) is 3.47. The summed E-state index contributed by atoms with van der Waals surface area (Å²) in [7, 11) is 0. The monoisotopic (exact) mass is 198 g/mol. The van der Waals surface area contributed by atoms with Gasteiger partial charge in [0.2, 0.25) is 5.95 Å². The minimum Gasteiger partial charge on any atom is -0.348 e. The van der Waals surface area contributed by atoms with E-state index >= 15 is 0 Å². The van der Waals surface area contributed by atoms with Gasteiger partial charge in [-0.2, -0.15) is 0 Å². The van der Waals surface area contributed by atoms with Crippen molar-refractivity contribution in [2.75, 3.05) is 11.9 Å². The van der Waals surface area contributed by atoms with Crippen LogP contribution in [0.4, 0.5) is 10.3 Å². The van der Waals surface area contributed by atoms with Crippen LogP contribution in [0.5, 0.6) is 0 Å². The number of nitrogens with zero attached hydrogens (tertiary/aromatic N) is 2. The highest BCUT2D eigenvalue weighted by atomic mass is 19.1. The number of nitrogens with one attached hydrogen (secondary N) is 1. The predicted octanol–water partition coefficient (Wildman–Crippen LogP) is 1.15. The van der Waals surface area contributed by atoms with E-state index in [9.17, 15) is 4.39 Å². The van der Waals surface area contributed by atoms with Gasteiger partial charge in [-0.3, -0.25) is 0 Å². The summed E-state index contributed by atoms with van der Waals surface area (Å²) >= 11 is 0. The van der Waals surface area contributed by atoms with Crippen LogP contribution in [0.15, 0.2) is 12.4 Å². The van der Waals surface area contributed by atoms with Crippen LogP contribution in [0.3, 0.4) is 0 Å². The van der Waals surface area contributed by atoms with Crippen molar-refractivity contribution in [2.45, 2.75) is 25.8 Å². The van der Waals surface area contributed by atoms with Crippen molar-refractivity contribution in [1.29, 1.82) is 0 Å². The largest absolute Gasteiger partial charge is 0.348 e. The maximum atomic E-state index is 12.5. The molecule has 1 aromatic rings. The number of anilines is 1. The molecule has 0 radical (unpaired) electrons. The predicted molar refractivity (Wildman–Crippen MR) is 53.4 cm³/mol. The van der Waals surface area contributed by atoms with Crippen LogP contribution in [0, 0.1) is 5.82 Å². The normalized spacial score (nSPS) is 14.9. The zero-order valence-corrected chi connectivity index (χ0v) is 8.42. The molecule has 1 unspecified atom stereocenters. The van der Waals surface area contributed by atoms with E-state index in [1.807, 2.05) is 13.8 Å². The Balaban J connectivity index is 2.72. The first-order valence-corrected chi connectivity index (χ1v) is 4.55. The highest BCUT2D eigenvalue weighted by molar-refractivity contribution is 5.27. The van der Waals surface area contributed by atoms with Crippen LogP contribution in [0.1, 0.15) is 20.3 Å². The first-order chi connectivity index (χ1) is 6.59. The maximum absolute atomic E-state index is 12.5. The highest BCUT2D eigenvalue weighted by Gasteiger charge is 2.20. The fraction of sp³-hybridized carbons (Fsp3) is 0.556. The third-order valence-electron chi connectivity index (χ3n) is 2.26. The highest BCUT2D eigenvalue weighted by Crippen LogP contribution is 2.13. The van der Waals surface area contributed by atoms with Crippen molar-refractivity contribution in [1.82, 2.24) is 9.97 Å². The van der Waals surface area contributed by atoms with E-state index in [2.05, 4.69) is 15.3 Å². The Kier molecular flexibility index (Phi) is 3.35. The van der Waals surface area contributed by atoms with Crippen molar-refractivity contribution in [3.05, 3.63) is 18.2 Å². The molecule has 0 aliphatic carbocycles. The molecule has 0 aliphatic rings. The summed E-state index contributed by atoms with van der Waals surface area (Å²) in [6.07, 6.45) is 3.11. The third kappa shape index (κ3) is 2.63. The molecule has 0 fully saturated rings. The molecule has 0 aromatic carbocycles. The standard InChI is InChI=1S/C9H15FN4/c1-3-9(2,6-11)14-8-12-4-7(10)5-13-8/h4-5H,3,6,11H2,1-2H3,(H,12,13,14). The molecule has 1 aromatic heterocycles. The zero-order chi connectivity index (χ0) is 10.6. The lowest BCUT2D eigenvalue weighted by Gasteiger charge is -2.27. The van der Waals surface area contributed by atoms with Gasteiger partial charge in [-0.25, -0.2) is 14.4 Å². The maximum Gasteiger partial charge on any atom is 0.223 e. The van der Waals surface area contributed by atoms with Crippen LogP contribution in [-0.4, -0.2) is 22.1 Å². The summed E-state index contributed by atoms with van der Waals surface area (Å²) in [5, 5.41) is 3.07. The summed E-state index contributed by atoms with van der Waals surface area (Å²) in [4.78, 5) is 7.61. The first kappa shape index (κ1) is 10.8. The molecule has 1 atom stereocenters. The Morgan fingerprint density at radius 3 is 2.50 bits per heavy atom. The second-order valence-electron chi connectivity index (χ2n) is 3.47. The van der Waals surface area contributed by atoms with Crippen LogP contribution >= 0.6 is 0 Å². The Labute approximate surface area is 82.8 Å². The van der Waals surface area contributed by atoms with Crippen LogP contribution in [0.2, 0.25) is 0 Å². The molecule has 4 nitrogen and oxygen atoms in total. The summed E-state index contributed by atoms with van der Waals surface area (Å²) in [6, 6.07) is 0. The van der Waals surface area contributed by atoms with Crippen molar-refractivity contribution < 1.29 is 4.39 Å². The number of halogens is 1. The molecule has 0 bridgehead atoms. The molecular weight excluding hydrogens is 183 g/mol. The topological polar surface area (TPSA) is 63.8 Å². The van der Waals surface area contributed by atoms with Gasteiger partial charge in [0.15, 0.2) is 5.82 Å². The Bertz CT molecular complexity index is 281. The van der Waals surface area contributed by atoms with E-state index in [1.165, 1.54) is 0 Å². The SMILES string of the molecule is CCC(C)(CN)Nc1ncc(F)cn1. The number of aromatic nitrogens is 2. The van der Waals surface area contributed by atoms with E-state index in [4.69, 9.17) is 5.73 Å². The average molecular weight is 198 g/mol. The fourth-order valence-electron chi connectivity index (χ4n) is 0.931. The molecule has 14 heavy (non-hydrogen) atoms. The fourth-order valence-corrected chi connectivity index (χ4v) is 0.931. The number of nitrogens with two attached hydrogens (primary N) is 1. The second kappa shape index (κ2) is 4.32. The third-order valence-corrected chi connectivity index (χ3v) is 2.26. The van der Waals surface area contributed by atoms with Crippen LogP contribution in [-0.2, 0) is 0 Å². The number of hydrogen-bond donors (Lipinski definition) is 2. The van der Waals surface area contributed by atoms with Gasteiger partial charge in [0.05, 0.1) is 12.4 Å². The lowest BCUT2D eigenvalue weighted by atomic mass is 10.00. The van der Waals surface area contributed by atoms with Crippen molar-refractivity contribution in [3.8, 4) is 0 Å². The molecule has 5 heteroatoms. The Hall–Kier alpha value is -1.23. The quantitative estimate of drug-likeness (QED) is 0.762. The van der Waals surface area contributed by atoms with Gasteiger partial charge in [0, 0.05) is 12.1 Å². The number of rotatable bonds is 4. The molecule has 0 saturated heterocycles. The summed E-state index contributed by atoms with van der Waals surface area (Å²) in [5.74, 6) is -0.0392. The summed E-state index contributed by atoms with van der Waals surface area (Å²) in [5.41, 5.74) is 5.36. The van der Waals surface area contributed by atoms with Crippen molar-refractivity contribution in [2.24, 2.45) is 5.73 Å². The van der Waals surface area contributed by atoms with Gasteiger partial charge in [-0.15, -0.1) is 0 Å². The number of hydrogen-bond acceptors (Lipinski definition) is 4. The lowest BCUT2D eigenvalue weighted by molar-refractivity contribution is 0.501. The molecule has 0 amide bonds. The molecule has 3 N–H and O–H groups in total. The van der Waals surface area contributed by atoms with Gasteiger partial charge in [-0.1, -0.05) is 6.92 Å². The summed E-state index contributed by atoms with van der Waals surface area (Å²) in [6.45, 7) is 4.47. The van der Waals surface area contributed by atoms with E-state index < -0.39 is 5.82 Å². The Morgan fingerprint density at radius 2 is 2.07 bits per heavy atom. The smallest absolute Gasteiger partial charge is 0.223 e. The van der Waals surface area contributed by atoms with Crippen LogP contribution in [0.25, 0.3) is 0 Å². The van der Waals surface area contributed by atoms with Crippen molar-refractivity contribution in [3.63, 3.8) is 0 Å². The molecular formula is C9H15FN4. The first-order valence-electron chi connectivity index (χ1n) is 4.55. The molecule has 1 heterocycles. The minimum absolute atomic E-state index is 0.238. The summed E-state index contributed by atoms with van der Waals surface area (Å²) < 4.78 is 12.5. The molecule has 1 rings (SSSR count). The van der Waals surface area contributed by atoms with E-state index in [0.29, 0.717) is 12.5 Å². The Morgan fingerprint density at radius 1 is 1.50 bits per heavy atom. The minimum atomic E-state index is -0.443. The van der Waals surface area contributed by atoms with Crippen molar-refractivity contribution >= 4 is 5.95 Å². The molecule has 0 saturated carbocycles. The van der Waals surface area contributed by atoms with Gasteiger partial charge in [0.1, 0.15) is 0 Å². The van der Waals surface area contributed by atoms with Gasteiger partial charge in [0.25, 0.3) is 0 Å². The lowest BCUT2D eigenvalue weighted by Crippen LogP contribution is -2.42. The van der Waals surface area contributed by atoms with Crippen LogP contribution < -0.4 is 11.1 Å². The van der Waals surface area contributed by atoms with E-state index in [-0.39, 0.29) is 5.54 Å². The van der Waals surface area contributed by atoms with Gasteiger partial charge >= 0.3 is 0 Å². The molecule has 0 aliphatic heterocycles. The van der Waals surface area contributed by atoms with Gasteiger partial charge < -0.3 is 11.1 Å². The average Bonchev–Trinajstić information content (AvgIpc) is 2.21. The molecule has 78 valence electrons. The van der Waals surface area contributed by atoms with E-state index in [0.717, 1.165) is 18.8 Å². The molecule has 0 spiro atoms. The zero-order valence-electron chi connectivity index (χ0n) is 8.42. The van der Waals surface area contributed by atoms with E-state index in [1.54, 1.807) is 0 Å². The van der Waals surface area contributed by atoms with Gasteiger partial charge in [-0.05, 0) is 13.3 Å².